The minimum Gasteiger partial charge on any atom is -0.353 e. The van der Waals surface area contributed by atoms with Crippen molar-refractivity contribution in [3.8, 4) is 0 Å². The van der Waals surface area contributed by atoms with Crippen LogP contribution in [0.4, 0.5) is 0 Å². The highest BCUT2D eigenvalue weighted by molar-refractivity contribution is 5.02. The molecule has 0 amide bonds. The second kappa shape index (κ2) is 1.74. The predicted octanol–water partition coefficient (Wildman–Crippen LogP) is 0.0324. The summed E-state index contributed by atoms with van der Waals surface area (Å²) in [5.74, 6) is 0. The quantitative estimate of drug-likeness (QED) is 0.491. The van der Waals surface area contributed by atoms with E-state index in [1.807, 2.05) is 0 Å². The molecule has 58 valence electrons. The molecule has 10 heavy (non-hydrogen) atoms. The van der Waals surface area contributed by atoms with Crippen molar-refractivity contribution < 1.29 is 5.73 Å². The Bertz CT molecular complexity index is 111. The lowest BCUT2D eigenvalue weighted by atomic mass is 9.62. The van der Waals surface area contributed by atoms with Gasteiger partial charge in [-0.1, -0.05) is 0 Å². The first-order valence-electron chi connectivity index (χ1n) is 4.26. The van der Waals surface area contributed by atoms with Crippen LogP contribution < -0.4 is 11.5 Å². The van der Waals surface area contributed by atoms with Crippen LogP contribution in [0.25, 0.3) is 0 Å². The first-order chi connectivity index (χ1) is 4.62. The van der Waals surface area contributed by atoms with Crippen molar-refractivity contribution in [2.75, 3.05) is 0 Å². The molecule has 2 heteroatoms. The van der Waals surface area contributed by atoms with E-state index in [2.05, 4.69) is 5.73 Å². The molecule has 0 radical (unpaired) electrons. The maximum Gasteiger partial charge on any atom is 0.0947 e. The van der Waals surface area contributed by atoms with E-state index in [4.69, 9.17) is 5.73 Å². The normalized spacial score (nSPS) is 53.4. The van der Waals surface area contributed by atoms with Crippen molar-refractivity contribution in [2.45, 2.75) is 49.6 Å². The van der Waals surface area contributed by atoms with Gasteiger partial charge in [-0.2, -0.15) is 0 Å². The van der Waals surface area contributed by atoms with E-state index in [9.17, 15) is 0 Å². The molecule has 0 heterocycles. The Balaban J connectivity index is 2.16. The van der Waals surface area contributed by atoms with Crippen molar-refractivity contribution in [2.24, 2.45) is 5.73 Å². The lowest BCUT2D eigenvalue weighted by Crippen LogP contribution is -2.77. The van der Waals surface area contributed by atoms with Crippen LogP contribution in [-0.2, 0) is 0 Å². The van der Waals surface area contributed by atoms with Gasteiger partial charge in [0.1, 0.15) is 0 Å². The van der Waals surface area contributed by atoms with Gasteiger partial charge in [-0.25, -0.2) is 0 Å². The smallest absolute Gasteiger partial charge is 0.0947 e. The maximum absolute atomic E-state index is 6.13. The SMILES string of the molecule is NC12CCC([NH3+])(CC1)CC2. The Morgan fingerprint density at radius 2 is 1.30 bits per heavy atom. The van der Waals surface area contributed by atoms with Gasteiger partial charge in [-0.3, -0.25) is 0 Å². The predicted molar refractivity (Wildman–Crippen MR) is 40.2 cm³/mol. The number of hydrogen-bond acceptors (Lipinski definition) is 1. The molecule has 0 aromatic carbocycles. The van der Waals surface area contributed by atoms with Crippen molar-refractivity contribution in [3.05, 3.63) is 0 Å². The molecule has 3 aliphatic rings. The molecule has 2 nitrogen and oxygen atoms in total. The fourth-order valence-corrected chi connectivity index (χ4v) is 2.29. The van der Waals surface area contributed by atoms with Crippen LogP contribution in [0.1, 0.15) is 38.5 Å². The lowest BCUT2D eigenvalue weighted by molar-refractivity contribution is -0.494. The molecule has 0 unspecified atom stereocenters. The lowest BCUT2D eigenvalue weighted by Gasteiger charge is -2.47. The Labute approximate surface area is 62.0 Å². The van der Waals surface area contributed by atoms with Crippen molar-refractivity contribution in [1.29, 1.82) is 0 Å². The molecule has 5 N–H and O–H groups in total. The van der Waals surface area contributed by atoms with Crippen LogP contribution in [0, 0.1) is 0 Å². The van der Waals surface area contributed by atoms with Crippen molar-refractivity contribution >= 4 is 0 Å². The highest BCUT2D eigenvalue weighted by atomic mass is 14.8. The minimum atomic E-state index is 0.222. The molecule has 0 saturated heterocycles. The zero-order valence-electron chi connectivity index (χ0n) is 6.53. The molecule has 3 aliphatic carbocycles. The van der Waals surface area contributed by atoms with E-state index < -0.39 is 0 Å². The second-order valence-corrected chi connectivity index (χ2v) is 4.36. The summed E-state index contributed by atoms with van der Waals surface area (Å²) in [5.41, 5.74) is 11.0. The van der Waals surface area contributed by atoms with Gasteiger partial charge in [-0.15, -0.1) is 0 Å². The summed E-state index contributed by atoms with van der Waals surface area (Å²) >= 11 is 0. The van der Waals surface area contributed by atoms with Crippen LogP contribution in [0.2, 0.25) is 0 Å². The largest absolute Gasteiger partial charge is 0.353 e. The van der Waals surface area contributed by atoms with Gasteiger partial charge in [0.05, 0.1) is 5.54 Å². The highest BCUT2D eigenvalue weighted by Crippen LogP contribution is 2.42. The zero-order valence-corrected chi connectivity index (χ0v) is 6.53. The Morgan fingerprint density at radius 3 is 1.60 bits per heavy atom. The molecule has 3 fully saturated rings. The molecular formula is C8H17N2+. The highest BCUT2D eigenvalue weighted by Gasteiger charge is 2.46. The van der Waals surface area contributed by atoms with E-state index in [0.29, 0.717) is 5.54 Å². The number of hydrogen-bond donors (Lipinski definition) is 2. The second-order valence-electron chi connectivity index (χ2n) is 4.36. The monoisotopic (exact) mass is 141 g/mol. The molecular weight excluding hydrogens is 124 g/mol. The third-order valence-electron chi connectivity index (χ3n) is 3.46. The van der Waals surface area contributed by atoms with Crippen LogP contribution in [-0.4, -0.2) is 11.1 Å². The van der Waals surface area contributed by atoms with E-state index in [1.165, 1.54) is 38.5 Å². The first kappa shape index (κ1) is 6.62. The fraction of sp³-hybridized carbons (Fsp3) is 1.00. The summed E-state index contributed by atoms with van der Waals surface area (Å²) in [6, 6.07) is 0. The molecule has 0 aromatic heterocycles. The maximum atomic E-state index is 6.13. The zero-order chi connectivity index (χ0) is 7.24. The number of nitrogens with two attached hydrogens (primary N) is 1. The van der Waals surface area contributed by atoms with Gasteiger partial charge in [0, 0.05) is 24.8 Å². The summed E-state index contributed by atoms with van der Waals surface area (Å²) < 4.78 is 0. The van der Waals surface area contributed by atoms with E-state index in [-0.39, 0.29) is 5.54 Å². The van der Waals surface area contributed by atoms with Crippen molar-refractivity contribution in [3.63, 3.8) is 0 Å². The summed E-state index contributed by atoms with van der Waals surface area (Å²) in [6.45, 7) is 0. The molecule has 0 aromatic rings. The average Bonchev–Trinajstić information content (AvgIpc) is 1.93. The summed E-state index contributed by atoms with van der Waals surface area (Å²) in [6.07, 6.45) is 7.46. The van der Waals surface area contributed by atoms with Crippen LogP contribution in [0.3, 0.4) is 0 Å². The van der Waals surface area contributed by atoms with Crippen LogP contribution in [0.5, 0.6) is 0 Å². The molecule has 0 atom stereocenters. The standard InChI is InChI=1S/C8H16N2/c9-7-1-2-8(10,5-3-7)6-4-7/h1-6,9-10H2/p+1. The first-order valence-corrected chi connectivity index (χ1v) is 4.26. The van der Waals surface area contributed by atoms with Crippen molar-refractivity contribution in [1.82, 2.24) is 0 Å². The van der Waals surface area contributed by atoms with Gasteiger partial charge in [0.25, 0.3) is 0 Å². The molecule has 2 bridgehead atoms. The molecule has 3 saturated carbocycles. The number of rotatable bonds is 0. The van der Waals surface area contributed by atoms with E-state index in [1.54, 1.807) is 0 Å². The molecule has 0 spiro atoms. The van der Waals surface area contributed by atoms with Gasteiger partial charge in [0.15, 0.2) is 0 Å². The Morgan fingerprint density at radius 1 is 0.900 bits per heavy atom. The van der Waals surface area contributed by atoms with E-state index >= 15 is 0 Å². The van der Waals surface area contributed by atoms with Gasteiger partial charge in [0.2, 0.25) is 0 Å². The number of quaternary nitrogens is 1. The summed E-state index contributed by atoms with van der Waals surface area (Å²) in [5, 5.41) is 0. The van der Waals surface area contributed by atoms with Gasteiger partial charge in [-0.05, 0) is 19.3 Å². The van der Waals surface area contributed by atoms with Crippen LogP contribution in [0.15, 0.2) is 0 Å². The average molecular weight is 141 g/mol. The topological polar surface area (TPSA) is 53.7 Å². The minimum absolute atomic E-state index is 0.222. The Hall–Kier alpha value is -0.0800. The fourth-order valence-electron chi connectivity index (χ4n) is 2.29. The van der Waals surface area contributed by atoms with Crippen LogP contribution >= 0.6 is 0 Å². The molecule has 3 rings (SSSR count). The Kier molecular flexibility index (Phi) is 1.15. The summed E-state index contributed by atoms with van der Waals surface area (Å²) in [7, 11) is 0. The summed E-state index contributed by atoms with van der Waals surface area (Å²) in [4.78, 5) is 0. The molecule has 0 aliphatic heterocycles. The number of fused-ring (bicyclic) bond motifs is 3. The van der Waals surface area contributed by atoms with E-state index in [0.717, 1.165) is 0 Å². The third kappa shape index (κ3) is 0.867. The third-order valence-corrected chi connectivity index (χ3v) is 3.46. The van der Waals surface area contributed by atoms with Gasteiger partial charge >= 0.3 is 0 Å². The van der Waals surface area contributed by atoms with Gasteiger partial charge < -0.3 is 11.5 Å².